The van der Waals surface area contributed by atoms with Gasteiger partial charge in [0, 0.05) is 24.7 Å². The number of ether oxygens (including phenoxy) is 1. The molecule has 0 saturated carbocycles. The molecular formula is C19H22N2O3. The van der Waals surface area contributed by atoms with Crippen molar-refractivity contribution in [2.24, 2.45) is 5.92 Å². The molecule has 0 aliphatic carbocycles. The number of piperidine rings is 1. The SMILES string of the molecule is COc1ccc(-c2ccc(C(=O)N[C@@H]3C[C@H]4CCN(C4)C3)o2)cc1. The zero-order valence-electron chi connectivity index (χ0n) is 13.8. The van der Waals surface area contributed by atoms with E-state index in [4.69, 9.17) is 9.15 Å². The van der Waals surface area contributed by atoms with E-state index in [0.717, 1.165) is 30.2 Å². The quantitative estimate of drug-likeness (QED) is 0.939. The van der Waals surface area contributed by atoms with E-state index < -0.39 is 0 Å². The summed E-state index contributed by atoms with van der Waals surface area (Å²) in [6, 6.07) is 11.4. The van der Waals surface area contributed by atoms with Crippen LogP contribution in [0.5, 0.6) is 5.75 Å². The van der Waals surface area contributed by atoms with Crippen LogP contribution in [0, 0.1) is 5.92 Å². The largest absolute Gasteiger partial charge is 0.497 e. The summed E-state index contributed by atoms with van der Waals surface area (Å²) in [6.07, 6.45) is 2.34. The molecule has 3 heterocycles. The Labute approximate surface area is 141 Å². The highest BCUT2D eigenvalue weighted by Gasteiger charge is 2.33. The van der Waals surface area contributed by atoms with Gasteiger partial charge in [-0.1, -0.05) is 0 Å². The van der Waals surface area contributed by atoms with Crippen LogP contribution in [0.2, 0.25) is 0 Å². The van der Waals surface area contributed by atoms with Gasteiger partial charge in [-0.15, -0.1) is 0 Å². The average molecular weight is 326 g/mol. The Morgan fingerprint density at radius 1 is 1.21 bits per heavy atom. The Bertz CT molecular complexity index is 710. The summed E-state index contributed by atoms with van der Waals surface area (Å²) in [5, 5.41) is 3.12. The number of rotatable bonds is 4. The predicted octanol–water partition coefficient (Wildman–Crippen LogP) is 2.78. The Morgan fingerprint density at radius 2 is 2.04 bits per heavy atom. The van der Waals surface area contributed by atoms with Crippen LogP contribution in [0.1, 0.15) is 23.4 Å². The molecule has 5 nitrogen and oxygen atoms in total. The maximum Gasteiger partial charge on any atom is 0.287 e. The first kappa shape index (κ1) is 15.3. The van der Waals surface area contributed by atoms with Crippen molar-refractivity contribution in [1.82, 2.24) is 10.2 Å². The van der Waals surface area contributed by atoms with Gasteiger partial charge in [0.05, 0.1) is 7.11 Å². The molecule has 2 bridgehead atoms. The summed E-state index contributed by atoms with van der Waals surface area (Å²) in [7, 11) is 1.64. The van der Waals surface area contributed by atoms with Crippen LogP contribution in [0.3, 0.4) is 0 Å². The van der Waals surface area contributed by atoms with Crippen molar-refractivity contribution in [3.63, 3.8) is 0 Å². The van der Waals surface area contributed by atoms with E-state index in [9.17, 15) is 4.79 Å². The molecule has 0 radical (unpaired) electrons. The first-order valence-corrected chi connectivity index (χ1v) is 8.49. The molecule has 2 aliphatic heterocycles. The third-order valence-corrected chi connectivity index (χ3v) is 5.01. The molecule has 126 valence electrons. The van der Waals surface area contributed by atoms with Crippen LogP contribution >= 0.6 is 0 Å². The highest BCUT2D eigenvalue weighted by Crippen LogP contribution is 2.28. The van der Waals surface area contributed by atoms with Gasteiger partial charge in [-0.2, -0.15) is 0 Å². The van der Waals surface area contributed by atoms with E-state index >= 15 is 0 Å². The Balaban J connectivity index is 1.42. The van der Waals surface area contributed by atoms with E-state index in [1.807, 2.05) is 30.3 Å². The van der Waals surface area contributed by atoms with Gasteiger partial charge < -0.3 is 19.4 Å². The van der Waals surface area contributed by atoms with Crippen LogP contribution in [0.4, 0.5) is 0 Å². The molecule has 1 amide bonds. The average Bonchev–Trinajstić information content (AvgIpc) is 3.22. The molecule has 24 heavy (non-hydrogen) atoms. The van der Waals surface area contributed by atoms with E-state index in [1.165, 1.54) is 19.5 Å². The standard InChI is InChI=1S/C19H22N2O3/c1-23-16-4-2-14(3-5-16)17-6-7-18(24-17)19(22)20-15-10-13-8-9-21(11-13)12-15/h2-7,13,15H,8-12H2,1H3,(H,20,22)/t13-,15-/m1/s1. The van der Waals surface area contributed by atoms with Gasteiger partial charge in [0.1, 0.15) is 11.5 Å². The van der Waals surface area contributed by atoms with E-state index in [2.05, 4.69) is 10.2 Å². The fourth-order valence-corrected chi connectivity index (χ4v) is 3.79. The molecule has 2 fully saturated rings. The monoisotopic (exact) mass is 326 g/mol. The first-order chi connectivity index (χ1) is 11.7. The molecule has 1 aromatic carbocycles. The lowest BCUT2D eigenvalue weighted by molar-refractivity contribution is 0.0882. The van der Waals surface area contributed by atoms with Crippen LogP contribution in [-0.4, -0.2) is 43.6 Å². The van der Waals surface area contributed by atoms with Crippen molar-refractivity contribution in [3.8, 4) is 17.1 Å². The minimum absolute atomic E-state index is 0.123. The number of hydrogen-bond acceptors (Lipinski definition) is 4. The molecule has 2 aromatic rings. The van der Waals surface area contributed by atoms with Crippen LogP contribution in [0.25, 0.3) is 11.3 Å². The fraction of sp³-hybridized carbons (Fsp3) is 0.421. The van der Waals surface area contributed by atoms with E-state index in [-0.39, 0.29) is 11.9 Å². The van der Waals surface area contributed by atoms with Gasteiger partial charge in [-0.3, -0.25) is 4.79 Å². The summed E-state index contributed by atoms with van der Waals surface area (Å²) < 4.78 is 10.9. The predicted molar refractivity (Wildman–Crippen MR) is 91.1 cm³/mol. The smallest absolute Gasteiger partial charge is 0.287 e. The van der Waals surface area contributed by atoms with Crippen molar-refractivity contribution in [1.29, 1.82) is 0 Å². The van der Waals surface area contributed by atoms with E-state index in [1.54, 1.807) is 13.2 Å². The van der Waals surface area contributed by atoms with Crippen molar-refractivity contribution in [2.45, 2.75) is 18.9 Å². The summed E-state index contributed by atoms with van der Waals surface area (Å²) in [4.78, 5) is 14.9. The molecule has 1 aromatic heterocycles. The number of furan rings is 1. The summed E-state index contributed by atoms with van der Waals surface area (Å²) >= 11 is 0. The lowest BCUT2D eigenvalue weighted by atomic mass is 9.97. The molecule has 3 atom stereocenters. The Hall–Kier alpha value is -2.27. The second-order valence-corrected chi connectivity index (χ2v) is 6.71. The number of amides is 1. The summed E-state index contributed by atoms with van der Waals surface area (Å²) in [6.45, 7) is 3.31. The molecule has 2 aliphatic rings. The summed E-state index contributed by atoms with van der Waals surface area (Å²) in [5.41, 5.74) is 0.927. The van der Waals surface area contributed by atoms with Gasteiger partial charge >= 0.3 is 0 Å². The van der Waals surface area contributed by atoms with Crippen molar-refractivity contribution >= 4 is 5.91 Å². The van der Waals surface area contributed by atoms with Crippen LogP contribution in [0.15, 0.2) is 40.8 Å². The highest BCUT2D eigenvalue weighted by molar-refractivity contribution is 5.92. The third-order valence-electron chi connectivity index (χ3n) is 5.01. The van der Waals surface area contributed by atoms with Crippen molar-refractivity contribution in [3.05, 3.63) is 42.2 Å². The number of nitrogens with zero attached hydrogens (tertiary/aromatic N) is 1. The lowest BCUT2D eigenvalue weighted by Gasteiger charge is -2.30. The zero-order valence-corrected chi connectivity index (χ0v) is 13.8. The van der Waals surface area contributed by atoms with Gasteiger partial charge in [0.15, 0.2) is 5.76 Å². The number of fused-ring (bicyclic) bond motifs is 2. The fourth-order valence-electron chi connectivity index (χ4n) is 3.79. The Kier molecular flexibility index (Phi) is 4.02. The normalized spacial score (nSPS) is 25.5. The van der Waals surface area contributed by atoms with Crippen LogP contribution in [-0.2, 0) is 0 Å². The lowest BCUT2D eigenvalue weighted by Crippen LogP contribution is -2.46. The second-order valence-electron chi connectivity index (χ2n) is 6.71. The topological polar surface area (TPSA) is 54.7 Å². The van der Waals surface area contributed by atoms with Crippen molar-refractivity contribution in [2.75, 3.05) is 26.7 Å². The highest BCUT2D eigenvalue weighted by atomic mass is 16.5. The van der Waals surface area contributed by atoms with Gasteiger partial charge in [-0.25, -0.2) is 0 Å². The maximum absolute atomic E-state index is 12.4. The van der Waals surface area contributed by atoms with E-state index in [0.29, 0.717) is 11.5 Å². The van der Waals surface area contributed by atoms with Crippen molar-refractivity contribution < 1.29 is 13.9 Å². The molecule has 1 N–H and O–H groups in total. The molecule has 0 spiro atoms. The van der Waals surface area contributed by atoms with Crippen LogP contribution < -0.4 is 10.1 Å². The van der Waals surface area contributed by atoms with Gasteiger partial charge in [-0.05, 0) is 61.7 Å². The molecule has 5 heteroatoms. The number of hydrogen-bond donors (Lipinski definition) is 1. The zero-order chi connectivity index (χ0) is 16.5. The number of carbonyl (C=O) groups excluding carboxylic acids is 1. The molecular weight excluding hydrogens is 304 g/mol. The summed E-state index contributed by atoms with van der Waals surface area (Å²) in [5.74, 6) is 2.46. The second kappa shape index (κ2) is 6.32. The minimum atomic E-state index is -0.123. The molecule has 1 unspecified atom stereocenters. The number of nitrogens with one attached hydrogen (secondary N) is 1. The van der Waals surface area contributed by atoms with Gasteiger partial charge in [0.25, 0.3) is 5.91 Å². The minimum Gasteiger partial charge on any atom is -0.497 e. The number of carbonyl (C=O) groups is 1. The van der Waals surface area contributed by atoms with Gasteiger partial charge in [0.2, 0.25) is 0 Å². The third kappa shape index (κ3) is 3.04. The maximum atomic E-state index is 12.4. The Morgan fingerprint density at radius 3 is 2.79 bits per heavy atom. The molecule has 2 saturated heterocycles. The number of methoxy groups -OCH3 is 1. The first-order valence-electron chi connectivity index (χ1n) is 8.49. The molecule has 4 rings (SSSR count). The number of benzene rings is 1.